The zero-order valence-electron chi connectivity index (χ0n) is 11.1. The summed E-state index contributed by atoms with van der Waals surface area (Å²) in [6, 6.07) is 12.9. The third-order valence-electron chi connectivity index (χ3n) is 2.94. The molecule has 0 saturated heterocycles. The summed E-state index contributed by atoms with van der Waals surface area (Å²) in [4.78, 5) is 23.3. The van der Waals surface area contributed by atoms with Crippen LogP contribution in [0, 0.1) is 0 Å². The summed E-state index contributed by atoms with van der Waals surface area (Å²) in [6.45, 7) is 0. The molecule has 0 amide bonds. The number of rotatable bonds is 4. The fraction of sp³-hybridized carbons (Fsp3) is 0. The number of carboxylic acids is 2. The third-order valence-corrected chi connectivity index (χ3v) is 4.00. The first-order valence-corrected chi connectivity index (χ1v) is 7.71. The topological polar surface area (TPSA) is 74.6 Å². The summed E-state index contributed by atoms with van der Waals surface area (Å²) in [5, 5.41) is 19.0. The highest BCUT2D eigenvalue weighted by atomic mass is 79.9. The van der Waals surface area contributed by atoms with Gasteiger partial charge in [0.1, 0.15) is 0 Å². The molecule has 0 saturated carbocycles. The first-order chi connectivity index (χ1) is 10.4. The van der Waals surface area contributed by atoms with Crippen molar-refractivity contribution in [1.29, 1.82) is 0 Å². The highest BCUT2D eigenvalue weighted by Gasteiger charge is 2.23. The van der Waals surface area contributed by atoms with Crippen LogP contribution in [0.1, 0.15) is 11.1 Å². The number of hydrogen-bond donors (Lipinski definition) is 2. The number of benzene rings is 2. The Balaban J connectivity index is 2.73. The summed E-state index contributed by atoms with van der Waals surface area (Å²) in [5.74, 6) is -2.58. The van der Waals surface area contributed by atoms with Crippen molar-refractivity contribution in [3.63, 3.8) is 0 Å². The number of hydrogen-bond acceptors (Lipinski definition) is 2. The predicted octanol–water partition coefficient (Wildman–Crippen LogP) is 4.29. The lowest BCUT2D eigenvalue weighted by atomic mass is 9.94. The lowest BCUT2D eigenvalue weighted by Crippen LogP contribution is -2.10. The molecule has 2 aromatic carbocycles. The molecule has 0 aliphatic rings. The maximum atomic E-state index is 11.6. The van der Waals surface area contributed by atoms with Crippen LogP contribution in [0.3, 0.4) is 0 Å². The Hall–Kier alpha value is -1.92. The van der Waals surface area contributed by atoms with Crippen LogP contribution in [-0.4, -0.2) is 22.2 Å². The van der Waals surface area contributed by atoms with E-state index in [-0.39, 0.29) is 11.1 Å². The molecule has 4 nitrogen and oxygen atoms in total. The largest absolute Gasteiger partial charge is 0.478 e. The standard InChI is InChI=1S/C16H10Br2O4/c17-11-5-1-9(2-6-11)13(15(19)20)14(16(21)22)10-3-7-12(18)8-4-10/h1-8H,(H,19,20)(H,21,22)/b14-13+. The maximum absolute atomic E-state index is 11.6. The second-order valence-electron chi connectivity index (χ2n) is 4.37. The molecule has 22 heavy (non-hydrogen) atoms. The Kier molecular flexibility index (Phi) is 5.15. The van der Waals surface area contributed by atoms with Crippen molar-refractivity contribution in [1.82, 2.24) is 0 Å². The number of carboxylic acid groups (broad SMARTS) is 2. The second kappa shape index (κ2) is 6.89. The molecule has 0 heterocycles. The van der Waals surface area contributed by atoms with Crippen molar-refractivity contribution in [3.05, 3.63) is 68.6 Å². The second-order valence-corrected chi connectivity index (χ2v) is 6.21. The van der Waals surface area contributed by atoms with E-state index in [0.717, 1.165) is 8.95 Å². The summed E-state index contributed by atoms with van der Waals surface area (Å²) < 4.78 is 1.56. The number of halogens is 2. The molecule has 0 aliphatic heterocycles. The van der Waals surface area contributed by atoms with Gasteiger partial charge >= 0.3 is 11.9 Å². The van der Waals surface area contributed by atoms with Crippen LogP contribution < -0.4 is 0 Å². The van der Waals surface area contributed by atoms with E-state index in [0.29, 0.717) is 11.1 Å². The van der Waals surface area contributed by atoms with Crippen molar-refractivity contribution in [3.8, 4) is 0 Å². The van der Waals surface area contributed by atoms with Crippen LogP contribution in [0.5, 0.6) is 0 Å². The van der Waals surface area contributed by atoms with Crippen molar-refractivity contribution in [2.75, 3.05) is 0 Å². The average molecular weight is 426 g/mol. The Bertz CT molecular complexity index is 681. The Morgan fingerprint density at radius 1 is 0.636 bits per heavy atom. The van der Waals surface area contributed by atoms with Crippen molar-refractivity contribution in [2.45, 2.75) is 0 Å². The van der Waals surface area contributed by atoms with Gasteiger partial charge in [-0.2, -0.15) is 0 Å². The van der Waals surface area contributed by atoms with Gasteiger partial charge in [0, 0.05) is 8.95 Å². The van der Waals surface area contributed by atoms with Crippen LogP contribution in [0.15, 0.2) is 57.5 Å². The maximum Gasteiger partial charge on any atom is 0.337 e. The molecular formula is C16H10Br2O4. The van der Waals surface area contributed by atoms with Gasteiger partial charge in [-0.15, -0.1) is 0 Å². The van der Waals surface area contributed by atoms with Gasteiger partial charge in [0.05, 0.1) is 11.1 Å². The molecule has 2 rings (SSSR count). The van der Waals surface area contributed by atoms with Gasteiger partial charge < -0.3 is 10.2 Å². The minimum atomic E-state index is -1.29. The Morgan fingerprint density at radius 3 is 1.14 bits per heavy atom. The van der Waals surface area contributed by atoms with Crippen molar-refractivity contribution < 1.29 is 19.8 Å². The van der Waals surface area contributed by atoms with Crippen LogP contribution in [0.2, 0.25) is 0 Å². The summed E-state index contributed by atoms with van der Waals surface area (Å²) in [5.41, 5.74) is 0.164. The van der Waals surface area contributed by atoms with Crippen LogP contribution >= 0.6 is 31.9 Å². The first kappa shape index (κ1) is 16.5. The normalized spacial score (nSPS) is 11.7. The predicted molar refractivity (Wildman–Crippen MR) is 90.4 cm³/mol. The lowest BCUT2D eigenvalue weighted by molar-refractivity contribution is -0.132. The van der Waals surface area contributed by atoms with E-state index >= 15 is 0 Å². The molecule has 6 heteroatoms. The van der Waals surface area contributed by atoms with E-state index in [9.17, 15) is 19.8 Å². The zero-order valence-corrected chi connectivity index (χ0v) is 14.3. The fourth-order valence-corrected chi connectivity index (χ4v) is 2.51. The molecule has 112 valence electrons. The lowest BCUT2D eigenvalue weighted by Gasteiger charge is -2.10. The molecule has 0 spiro atoms. The van der Waals surface area contributed by atoms with E-state index in [4.69, 9.17) is 0 Å². The summed E-state index contributed by atoms with van der Waals surface area (Å²) >= 11 is 6.53. The molecule has 0 aliphatic carbocycles. The highest BCUT2D eigenvalue weighted by molar-refractivity contribution is 9.10. The van der Waals surface area contributed by atoms with E-state index in [2.05, 4.69) is 31.9 Å². The first-order valence-electron chi connectivity index (χ1n) is 6.13. The van der Waals surface area contributed by atoms with Crippen molar-refractivity contribution >= 4 is 54.9 Å². The van der Waals surface area contributed by atoms with Gasteiger partial charge in [0.25, 0.3) is 0 Å². The van der Waals surface area contributed by atoms with Gasteiger partial charge in [-0.3, -0.25) is 0 Å². The van der Waals surface area contributed by atoms with Crippen molar-refractivity contribution in [2.24, 2.45) is 0 Å². The minimum absolute atomic E-state index is 0.248. The van der Waals surface area contributed by atoms with Gasteiger partial charge in [0.15, 0.2) is 0 Å². The van der Waals surface area contributed by atoms with Gasteiger partial charge in [-0.05, 0) is 35.4 Å². The monoisotopic (exact) mass is 424 g/mol. The molecule has 0 bridgehead atoms. The van der Waals surface area contributed by atoms with Gasteiger partial charge in [0.2, 0.25) is 0 Å². The Labute approximate surface area is 143 Å². The van der Waals surface area contributed by atoms with Crippen LogP contribution in [0.4, 0.5) is 0 Å². The molecule has 2 N–H and O–H groups in total. The molecule has 0 unspecified atom stereocenters. The third kappa shape index (κ3) is 3.64. The molecular weight excluding hydrogens is 416 g/mol. The van der Waals surface area contributed by atoms with Crippen LogP contribution in [0.25, 0.3) is 11.1 Å². The Morgan fingerprint density at radius 2 is 0.909 bits per heavy atom. The van der Waals surface area contributed by atoms with E-state index < -0.39 is 11.9 Å². The summed E-state index contributed by atoms with van der Waals surface area (Å²) in [6.07, 6.45) is 0. The van der Waals surface area contributed by atoms with Gasteiger partial charge in [-0.1, -0.05) is 56.1 Å². The zero-order chi connectivity index (χ0) is 16.3. The number of aliphatic carboxylic acids is 2. The number of carbonyl (C=O) groups is 2. The molecule has 0 atom stereocenters. The average Bonchev–Trinajstić information content (AvgIpc) is 2.46. The molecule has 0 fully saturated rings. The molecule has 0 radical (unpaired) electrons. The minimum Gasteiger partial charge on any atom is -0.478 e. The van der Waals surface area contributed by atoms with E-state index in [1.54, 1.807) is 48.5 Å². The molecule has 2 aromatic rings. The smallest absolute Gasteiger partial charge is 0.337 e. The summed E-state index contributed by atoms with van der Waals surface area (Å²) in [7, 11) is 0. The fourth-order valence-electron chi connectivity index (χ4n) is 1.98. The molecule has 0 aromatic heterocycles. The quantitative estimate of drug-likeness (QED) is 0.565. The van der Waals surface area contributed by atoms with Gasteiger partial charge in [-0.25, -0.2) is 9.59 Å². The van der Waals surface area contributed by atoms with E-state index in [1.165, 1.54) is 0 Å². The van der Waals surface area contributed by atoms with E-state index in [1.807, 2.05) is 0 Å². The van der Waals surface area contributed by atoms with Crippen LogP contribution in [-0.2, 0) is 9.59 Å². The SMILES string of the molecule is O=C(O)/C(=C(/C(=O)O)c1ccc(Br)cc1)c1ccc(Br)cc1. The highest BCUT2D eigenvalue weighted by Crippen LogP contribution is 2.29.